The molecule has 0 aliphatic carbocycles. The van der Waals surface area contributed by atoms with Crippen LogP contribution in [-0.4, -0.2) is 20.4 Å². The largest absolute Gasteiger partial charge is 0.497 e. The predicted octanol–water partition coefficient (Wildman–Crippen LogP) is 2.27. The van der Waals surface area contributed by atoms with Crippen molar-refractivity contribution < 1.29 is 22.6 Å². The standard InChI is InChI=1S/C10H12F3NO2/c1-15-6-3-4-7(8(5-6)16-2)9(14)10(11,12)13/h3-5,9H,14H2,1-2H3/t9-/m1/s1. The lowest BCUT2D eigenvalue weighted by molar-refractivity contribution is -0.149. The maximum Gasteiger partial charge on any atom is 0.407 e. The number of hydrogen-bond acceptors (Lipinski definition) is 3. The number of benzene rings is 1. The molecule has 1 rings (SSSR count). The van der Waals surface area contributed by atoms with Gasteiger partial charge in [-0.25, -0.2) is 0 Å². The average Bonchev–Trinajstić information content (AvgIpc) is 2.26. The van der Waals surface area contributed by atoms with E-state index in [1.165, 1.54) is 32.4 Å². The highest BCUT2D eigenvalue weighted by atomic mass is 19.4. The molecule has 90 valence electrons. The average molecular weight is 235 g/mol. The molecule has 0 fully saturated rings. The second kappa shape index (κ2) is 4.61. The maximum absolute atomic E-state index is 12.4. The summed E-state index contributed by atoms with van der Waals surface area (Å²) in [7, 11) is 2.69. The lowest BCUT2D eigenvalue weighted by Gasteiger charge is -2.18. The van der Waals surface area contributed by atoms with E-state index in [9.17, 15) is 13.2 Å². The molecule has 0 aliphatic heterocycles. The highest BCUT2D eigenvalue weighted by molar-refractivity contribution is 5.42. The van der Waals surface area contributed by atoms with Gasteiger partial charge >= 0.3 is 6.18 Å². The van der Waals surface area contributed by atoms with Crippen molar-refractivity contribution in [3.05, 3.63) is 23.8 Å². The molecule has 0 unspecified atom stereocenters. The zero-order valence-electron chi connectivity index (χ0n) is 8.84. The van der Waals surface area contributed by atoms with Crippen molar-refractivity contribution in [2.75, 3.05) is 14.2 Å². The molecule has 0 saturated carbocycles. The van der Waals surface area contributed by atoms with E-state index in [0.29, 0.717) is 5.75 Å². The van der Waals surface area contributed by atoms with Crippen molar-refractivity contribution in [1.82, 2.24) is 0 Å². The topological polar surface area (TPSA) is 44.5 Å². The Labute approximate surface area is 91.0 Å². The Morgan fingerprint density at radius 1 is 1.19 bits per heavy atom. The minimum absolute atomic E-state index is 0.0594. The van der Waals surface area contributed by atoms with E-state index in [1.54, 1.807) is 0 Å². The minimum Gasteiger partial charge on any atom is -0.497 e. The monoisotopic (exact) mass is 235 g/mol. The third-order valence-corrected chi connectivity index (χ3v) is 2.13. The van der Waals surface area contributed by atoms with Crippen molar-refractivity contribution in [1.29, 1.82) is 0 Å². The molecule has 0 aromatic heterocycles. The smallest absolute Gasteiger partial charge is 0.407 e. The molecule has 3 nitrogen and oxygen atoms in total. The van der Waals surface area contributed by atoms with Crippen LogP contribution < -0.4 is 15.2 Å². The van der Waals surface area contributed by atoms with Gasteiger partial charge < -0.3 is 15.2 Å². The Morgan fingerprint density at radius 3 is 2.25 bits per heavy atom. The molecule has 16 heavy (non-hydrogen) atoms. The number of hydrogen-bond donors (Lipinski definition) is 1. The van der Waals surface area contributed by atoms with Crippen molar-refractivity contribution in [3.8, 4) is 11.5 Å². The van der Waals surface area contributed by atoms with Gasteiger partial charge in [0.15, 0.2) is 0 Å². The Hall–Kier alpha value is -1.43. The maximum atomic E-state index is 12.4. The van der Waals surface area contributed by atoms with E-state index in [-0.39, 0.29) is 11.3 Å². The van der Waals surface area contributed by atoms with Gasteiger partial charge in [0.25, 0.3) is 0 Å². The fourth-order valence-corrected chi connectivity index (χ4v) is 1.25. The second-order valence-corrected chi connectivity index (χ2v) is 3.13. The summed E-state index contributed by atoms with van der Waals surface area (Å²) >= 11 is 0. The first kappa shape index (κ1) is 12.6. The van der Waals surface area contributed by atoms with Gasteiger partial charge in [-0.15, -0.1) is 0 Å². The summed E-state index contributed by atoms with van der Waals surface area (Å²) in [4.78, 5) is 0. The molecule has 0 aliphatic rings. The van der Waals surface area contributed by atoms with Crippen LogP contribution in [0, 0.1) is 0 Å². The lowest BCUT2D eigenvalue weighted by Crippen LogP contribution is -2.28. The zero-order valence-corrected chi connectivity index (χ0v) is 8.84. The van der Waals surface area contributed by atoms with Gasteiger partial charge in [0.2, 0.25) is 0 Å². The third kappa shape index (κ3) is 2.57. The van der Waals surface area contributed by atoms with Gasteiger partial charge in [-0.1, -0.05) is 0 Å². The summed E-state index contributed by atoms with van der Waals surface area (Å²) in [6.45, 7) is 0. The Kier molecular flexibility index (Phi) is 3.64. The van der Waals surface area contributed by atoms with Crippen LogP contribution in [0.5, 0.6) is 11.5 Å². The molecule has 0 radical (unpaired) electrons. The zero-order chi connectivity index (χ0) is 12.3. The second-order valence-electron chi connectivity index (χ2n) is 3.13. The Bertz CT molecular complexity index is 366. The molecular formula is C10H12F3NO2. The van der Waals surface area contributed by atoms with Crippen molar-refractivity contribution >= 4 is 0 Å². The summed E-state index contributed by atoms with van der Waals surface area (Å²) in [5, 5.41) is 0. The highest BCUT2D eigenvalue weighted by Crippen LogP contribution is 2.36. The number of alkyl halides is 3. The summed E-state index contributed by atoms with van der Waals surface area (Å²) in [5.74, 6) is 0.471. The van der Waals surface area contributed by atoms with E-state index >= 15 is 0 Å². The number of halogens is 3. The van der Waals surface area contributed by atoms with Gasteiger partial charge in [0, 0.05) is 11.6 Å². The predicted molar refractivity (Wildman–Crippen MR) is 52.5 cm³/mol. The summed E-state index contributed by atoms with van der Waals surface area (Å²) in [6.07, 6.45) is -4.50. The van der Waals surface area contributed by atoms with Gasteiger partial charge in [-0.3, -0.25) is 0 Å². The number of nitrogens with two attached hydrogens (primary N) is 1. The molecule has 2 N–H and O–H groups in total. The first-order chi connectivity index (χ1) is 7.40. The quantitative estimate of drug-likeness (QED) is 0.874. The van der Waals surface area contributed by atoms with Gasteiger partial charge in [0.05, 0.1) is 14.2 Å². The van der Waals surface area contributed by atoms with Crippen LogP contribution in [0.1, 0.15) is 11.6 Å². The fraction of sp³-hybridized carbons (Fsp3) is 0.400. The first-order valence-electron chi connectivity index (χ1n) is 4.44. The minimum atomic E-state index is -4.50. The van der Waals surface area contributed by atoms with E-state index in [0.717, 1.165) is 0 Å². The van der Waals surface area contributed by atoms with Crippen LogP contribution in [-0.2, 0) is 0 Å². The molecule has 0 amide bonds. The van der Waals surface area contributed by atoms with E-state index < -0.39 is 12.2 Å². The molecule has 1 aromatic carbocycles. The number of rotatable bonds is 3. The summed E-state index contributed by atoms with van der Waals surface area (Å²) in [5.41, 5.74) is 4.98. The van der Waals surface area contributed by atoms with Crippen LogP contribution in [0.15, 0.2) is 18.2 Å². The number of ether oxygens (including phenoxy) is 2. The molecule has 1 aromatic rings. The van der Waals surface area contributed by atoms with Crippen LogP contribution in [0.4, 0.5) is 13.2 Å². The molecule has 0 bridgehead atoms. The van der Waals surface area contributed by atoms with E-state index in [1.807, 2.05) is 0 Å². The number of methoxy groups -OCH3 is 2. The van der Waals surface area contributed by atoms with E-state index in [4.69, 9.17) is 15.2 Å². The molecular weight excluding hydrogens is 223 g/mol. The summed E-state index contributed by atoms with van der Waals surface area (Å²) in [6, 6.07) is 1.95. The van der Waals surface area contributed by atoms with Crippen LogP contribution in [0.3, 0.4) is 0 Å². The van der Waals surface area contributed by atoms with Crippen LogP contribution in [0.25, 0.3) is 0 Å². The fourth-order valence-electron chi connectivity index (χ4n) is 1.25. The van der Waals surface area contributed by atoms with Gasteiger partial charge in [0.1, 0.15) is 17.5 Å². The third-order valence-electron chi connectivity index (χ3n) is 2.13. The molecule has 0 heterocycles. The van der Waals surface area contributed by atoms with Crippen molar-refractivity contribution in [2.24, 2.45) is 5.73 Å². The van der Waals surface area contributed by atoms with Crippen molar-refractivity contribution in [3.63, 3.8) is 0 Å². The van der Waals surface area contributed by atoms with Gasteiger partial charge in [-0.05, 0) is 12.1 Å². The van der Waals surface area contributed by atoms with E-state index in [2.05, 4.69) is 0 Å². The normalized spacial score (nSPS) is 13.4. The Balaban J connectivity index is 3.14. The molecule has 0 spiro atoms. The Morgan fingerprint density at radius 2 is 1.81 bits per heavy atom. The van der Waals surface area contributed by atoms with Crippen LogP contribution >= 0.6 is 0 Å². The highest BCUT2D eigenvalue weighted by Gasteiger charge is 2.39. The lowest BCUT2D eigenvalue weighted by atomic mass is 10.1. The van der Waals surface area contributed by atoms with Crippen molar-refractivity contribution in [2.45, 2.75) is 12.2 Å². The molecule has 6 heteroatoms. The molecule has 1 atom stereocenters. The summed E-state index contributed by atoms with van der Waals surface area (Å²) < 4.78 is 47.0. The van der Waals surface area contributed by atoms with Gasteiger partial charge in [-0.2, -0.15) is 13.2 Å². The van der Waals surface area contributed by atoms with Crippen LogP contribution in [0.2, 0.25) is 0 Å². The SMILES string of the molecule is COc1ccc([C@@H](N)C(F)(F)F)c(OC)c1. The molecule has 0 saturated heterocycles. The first-order valence-corrected chi connectivity index (χ1v) is 4.44.